The van der Waals surface area contributed by atoms with Crippen LogP contribution in [0.3, 0.4) is 0 Å². The predicted octanol–water partition coefficient (Wildman–Crippen LogP) is 3.95. The number of piperazine rings is 1. The molecule has 1 saturated heterocycles. The molecule has 0 bridgehead atoms. The van der Waals surface area contributed by atoms with Crippen LogP contribution in [0.15, 0.2) is 85.2 Å². The van der Waals surface area contributed by atoms with Crippen molar-refractivity contribution in [3.63, 3.8) is 0 Å². The fraction of sp³-hybridized carbons (Fsp3) is 0.387. The Morgan fingerprint density at radius 3 is 2.23 bits per heavy atom. The first-order valence-electron chi connectivity index (χ1n) is 13.7. The van der Waals surface area contributed by atoms with Crippen LogP contribution in [-0.2, 0) is 23.4 Å². The molecule has 39 heavy (non-hydrogen) atoms. The van der Waals surface area contributed by atoms with E-state index in [-0.39, 0.29) is 11.9 Å². The van der Waals surface area contributed by atoms with Gasteiger partial charge in [0, 0.05) is 69.6 Å². The molecular formula is C31H39N5O2S. The predicted molar refractivity (Wildman–Crippen MR) is 159 cm³/mol. The van der Waals surface area contributed by atoms with Crippen molar-refractivity contribution in [2.45, 2.75) is 24.6 Å². The van der Waals surface area contributed by atoms with Crippen molar-refractivity contribution in [2.75, 3.05) is 52.1 Å². The highest BCUT2D eigenvalue weighted by Gasteiger charge is 2.29. The Balaban J connectivity index is 1.42. The van der Waals surface area contributed by atoms with E-state index in [0.717, 1.165) is 36.6 Å². The molecule has 1 atom stereocenters. The first-order chi connectivity index (χ1) is 19.1. The number of nitrogens with zero attached hydrogens (tertiary/aromatic N) is 4. The van der Waals surface area contributed by atoms with Crippen molar-refractivity contribution < 1.29 is 9.59 Å². The summed E-state index contributed by atoms with van der Waals surface area (Å²) in [6.45, 7) is 4.23. The zero-order valence-electron chi connectivity index (χ0n) is 22.7. The Labute approximate surface area is 236 Å². The second-order valence-electron chi connectivity index (χ2n) is 9.96. The van der Waals surface area contributed by atoms with Crippen LogP contribution in [0, 0.1) is 0 Å². The average Bonchev–Trinajstić information content (AvgIpc) is 2.98. The molecule has 4 rings (SSSR count). The number of nitrogens with one attached hydrogen (secondary N) is 1. The zero-order chi connectivity index (χ0) is 27.3. The van der Waals surface area contributed by atoms with Crippen LogP contribution in [0.4, 0.5) is 4.79 Å². The van der Waals surface area contributed by atoms with Crippen LogP contribution in [0.5, 0.6) is 0 Å². The molecule has 0 aliphatic carbocycles. The second kappa shape index (κ2) is 15.3. The highest BCUT2D eigenvalue weighted by Crippen LogP contribution is 2.13. The molecular weight excluding hydrogens is 506 g/mol. The minimum absolute atomic E-state index is 0.00531. The number of amides is 3. The third-order valence-corrected chi connectivity index (χ3v) is 8.00. The van der Waals surface area contributed by atoms with Gasteiger partial charge in [-0.05, 0) is 36.2 Å². The Bertz CT molecular complexity index is 1140. The van der Waals surface area contributed by atoms with E-state index in [0.29, 0.717) is 32.6 Å². The van der Waals surface area contributed by atoms with Gasteiger partial charge in [-0.25, -0.2) is 4.79 Å². The third kappa shape index (κ3) is 9.41. The van der Waals surface area contributed by atoms with E-state index in [2.05, 4.69) is 40.4 Å². The van der Waals surface area contributed by atoms with Gasteiger partial charge in [0.2, 0.25) is 5.91 Å². The number of hydrogen-bond acceptors (Lipinski definition) is 5. The Morgan fingerprint density at radius 2 is 1.56 bits per heavy atom. The van der Waals surface area contributed by atoms with E-state index >= 15 is 0 Å². The monoisotopic (exact) mass is 545 g/mol. The Kier molecular flexibility index (Phi) is 11.2. The molecule has 8 heteroatoms. The Hall–Kier alpha value is -3.36. The first kappa shape index (κ1) is 28.6. The zero-order valence-corrected chi connectivity index (χ0v) is 23.6. The Morgan fingerprint density at radius 1 is 0.897 bits per heavy atom. The molecule has 1 aromatic heterocycles. The molecule has 206 valence electrons. The number of pyridine rings is 1. The van der Waals surface area contributed by atoms with E-state index in [1.165, 1.54) is 11.1 Å². The van der Waals surface area contributed by atoms with Crippen molar-refractivity contribution in [3.8, 4) is 0 Å². The van der Waals surface area contributed by atoms with E-state index < -0.39 is 6.04 Å². The minimum atomic E-state index is -0.606. The average molecular weight is 546 g/mol. The van der Waals surface area contributed by atoms with Gasteiger partial charge in [-0.1, -0.05) is 66.7 Å². The summed E-state index contributed by atoms with van der Waals surface area (Å²) in [7, 11) is 2.07. The number of carbonyl (C=O) groups excluding carboxylic acids is 2. The van der Waals surface area contributed by atoms with Crippen molar-refractivity contribution in [1.29, 1.82) is 0 Å². The maximum atomic E-state index is 13.7. The van der Waals surface area contributed by atoms with Crippen LogP contribution in [0.25, 0.3) is 0 Å². The van der Waals surface area contributed by atoms with E-state index in [1.807, 2.05) is 70.6 Å². The van der Waals surface area contributed by atoms with Gasteiger partial charge in [0.25, 0.3) is 0 Å². The number of benzene rings is 2. The van der Waals surface area contributed by atoms with Crippen LogP contribution in [0.2, 0.25) is 0 Å². The lowest BCUT2D eigenvalue weighted by molar-refractivity contribution is -0.134. The lowest BCUT2D eigenvalue weighted by atomic mass is 10.0. The molecule has 1 unspecified atom stereocenters. The summed E-state index contributed by atoms with van der Waals surface area (Å²) in [6, 6.07) is 23.4. The maximum absolute atomic E-state index is 13.7. The van der Waals surface area contributed by atoms with Gasteiger partial charge in [0.05, 0.1) is 0 Å². The number of hydrogen-bond donors (Lipinski definition) is 1. The van der Waals surface area contributed by atoms with Crippen molar-refractivity contribution in [2.24, 2.45) is 0 Å². The lowest BCUT2D eigenvalue weighted by Gasteiger charge is -2.35. The number of likely N-dealkylation sites (N-methyl/N-ethyl adjacent to an activating group) is 1. The van der Waals surface area contributed by atoms with Gasteiger partial charge in [-0.2, -0.15) is 11.8 Å². The van der Waals surface area contributed by atoms with Crippen LogP contribution in [0.1, 0.15) is 16.7 Å². The molecule has 2 heterocycles. The molecule has 1 aliphatic rings. The second-order valence-corrected chi connectivity index (χ2v) is 11.1. The molecule has 2 aromatic carbocycles. The van der Waals surface area contributed by atoms with Gasteiger partial charge in [0.1, 0.15) is 6.04 Å². The van der Waals surface area contributed by atoms with Gasteiger partial charge in [-0.15, -0.1) is 0 Å². The summed E-state index contributed by atoms with van der Waals surface area (Å²) in [4.78, 5) is 37.5. The van der Waals surface area contributed by atoms with Crippen LogP contribution >= 0.6 is 11.8 Å². The van der Waals surface area contributed by atoms with E-state index in [4.69, 9.17) is 0 Å². The number of carbonyl (C=O) groups is 2. The topological polar surface area (TPSA) is 68.8 Å². The standard InChI is InChI=1S/C31H39N5O2S/c1-34-17-19-35(20-18-34)30(37)29(23-27-11-6-3-7-12-27)33-31(38)36(16-14-26-9-4-2-5-10-26)21-22-39-25-28-13-8-15-32-24-28/h2-13,15,24,29H,14,16-23,25H2,1H3,(H,33,38). The van der Waals surface area contributed by atoms with E-state index in [9.17, 15) is 9.59 Å². The molecule has 1 aliphatic heterocycles. The molecule has 1 fully saturated rings. The number of rotatable bonds is 12. The quantitative estimate of drug-likeness (QED) is 0.349. The first-order valence-corrected chi connectivity index (χ1v) is 14.8. The van der Waals surface area contributed by atoms with Crippen LogP contribution in [-0.4, -0.2) is 89.7 Å². The highest BCUT2D eigenvalue weighted by atomic mass is 32.2. The number of urea groups is 1. The summed E-state index contributed by atoms with van der Waals surface area (Å²) in [6.07, 6.45) is 4.89. The highest BCUT2D eigenvalue weighted by molar-refractivity contribution is 7.98. The number of aromatic nitrogens is 1. The fourth-order valence-electron chi connectivity index (χ4n) is 4.61. The molecule has 0 saturated carbocycles. The lowest BCUT2D eigenvalue weighted by Crippen LogP contribution is -2.57. The van der Waals surface area contributed by atoms with Crippen molar-refractivity contribution >= 4 is 23.7 Å². The molecule has 3 amide bonds. The molecule has 0 radical (unpaired) electrons. The summed E-state index contributed by atoms with van der Waals surface area (Å²) in [5, 5.41) is 3.13. The molecule has 1 N–H and O–H groups in total. The normalized spacial score (nSPS) is 14.5. The fourth-order valence-corrected chi connectivity index (χ4v) is 5.51. The van der Waals surface area contributed by atoms with Gasteiger partial charge in [0.15, 0.2) is 0 Å². The summed E-state index contributed by atoms with van der Waals surface area (Å²) < 4.78 is 0. The molecule has 7 nitrogen and oxygen atoms in total. The summed E-state index contributed by atoms with van der Waals surface area (Å²) in [5.41, 5.74) is 3.39. The number of thioether (sulfide) groups is 1. The summed E-state index contributed by atoms with van der Waals surface area (Å²) >= 11 is 1.78. The van der Waals surface area contributed by atoms with Crippen molar-refractivity contribution in [1.82, 2.24) is 25.0 Å². The van der Waals surface area contributed by atoms with Gasteiger partial charge < -0.3 is 20.0 Å². The van der Waals surface area contributed by atoms with Crippen molar-refractivity contribution in [3.05, 3.63) is 102 Å². The SMILES string of the molecule is CN1CCN(C(=O)C(Cc2ccccc2)NC(=O)N(CCSCc2cccnc2)CCc2ccccc2)CC1. The largest absolute Gasteiger partial charge is 0.338 e. The van der Waals surface area contributed by atoms with Gasteiger partial charge >= 0.3 is 6.03 Å². The van der Waals surface area contributed by atoms with Gasteiger partial charge in [-0.3, -0.25) is 9.78 Å². The molecule has 3 aromatic rings. The smallest absolute Gasteiger partial charge is 0.318 e. The van der Waals surface area contributed by atoms with E-state index in [1.54, 1.807) is 18.0 Å². The summed E-state index contributed by atoms with van der Waals surface area (Å²) in [5.74, 6) is 1.64. The maximum Gasteiger partial charge on any atom is 0.318 e. The minimum Gasteiger partial charge on any atom is -0.338 e. The third-order valence-electron chi connectivity index (χ3n) is 6.99. The molecule has 0 spiro atoms. The van der Waals surface area contributed by atoms with Crippen LogP contribution < -0.4 is 5.32 Å².